The highest BCUT2D eigenvalue weighted by atomic mass is 19.1. The van der Waals surface area contributed by atoms with Crippen LogP contribution in [0.3, 0.4) is 0 Å². The van der Waals surface area contributed by atoms with Crippen molar-refractivity contribution in [2.24, 2.45) is 11.8 Å². The van der Waals surface area contributed by atoms with Gasteiger partial charge in [0.2, 0.25) is 5.91 Å². The Morgan fingerprint density at radius 2 is 2.00 bits per heavy atom. The summed E-state index contributed by atoms with van der Waals surface area (Å²) in [6, 6.07) is 2.84. The molecule has 0 aliphatic carbocycles. The number of nitrogens with one attached hydrogen (secondary N) is 1. The molecule has 0 saturated carbocycles. The van der Waals surface area contributed by atoms with E-state index in [1.807, 2.05) is 6.92 Å². The van der Waals surface area contributed by atoms with Crippen molar-refractivity contribution in [2.75, 3.05) is 20.1 Å². The van der Waals surface area contributed by atoms with Gasteiger partial charge in [0.15, 0.2) is 0 Å². The largest absolute Gasteiger partial charge is 0.339 e. The van der Waals surface area contributed by atoms with Crippen LogP contribution in [0, 0.1) is 23.5 Å². The summed E-state index contributed by atoms with van der Waals surface area (Å²) in [5.41, 5.74) is 0.208. The third kappa shape index (κ3) is 2.82. The summed E-state index contributed by atoms with van der Waals surface area (Å²) in [6.07, 6.45) is 0. The van der Waals surface area contributed by atoms with E-state index in [0.717, 1.165) is 31.3 Å². The molecule has 1 saturated heterocycles. The quantitative estimate of drug-likeness (QED) is 0.919. The number of carbonyl (C=O) groups excluding carboxylic acids is 1. The van der Waals surface area contributed by atoms with E-state index in [-0.39, 0.29) is 17.4 Å². The molecule has 3 nitrogen and oxygen atoms in total. The predicted molar refractivity (Wildman–Crippen MR) is 73.1 cm³/mol. The average Bonchev–Trinajstić information content (AvgIpc) is 2.37. The van der Waals surface area contributed by atoms with Crippen LogP contribution in [0.25, 0.3) is 0 Å². The molecule has 1 amide bonds. The van der Waals surface area contributed by atoms with Crippen molar-refractivity contribution in [2.45, 2.75) is 19.9 Å². The molecule has 0 spiro atoms. The Kier molecular flexibility index (Phi) is 4.38. The Balaban J connectivity index is 2.12. The molecule has 1 N–H and O–H groups in total. The first kappa shape index (κ1) is 14.9. The zero-order valence-electron chi connectivity index (χ0n) is 12.0. The highest BCUT2D eigenvalue weighted by Crippen LogP contribution is 2.26. The highest BCUT2D eigenvalue weighted by Gasteiger charge is 2.32. The minimum Gasteiger partial charge on any atom is -0.339 e. The van der Waals surface area contributed by atoms with Crippen molar-refractivity contribution in [1.82, 2.24) is 10.2 Å². The monoisotopic (exact) mass is 282 g/mol. The van der Waals surface area contributed by atoms with Gasteiger partial charge in [0.05, 0.1) is 6.04 Å². The van der Waals surface area contributed by atoms with Gasteiger partial charge in [-0.2, -0.15) is 0 Å². The Morgan fingerprint density at radius 1 is 1.35 bits per heavy atom. The summed E-state index contributed by atoms with van der Waals surface area (Å²) >= 11 is 0. The Morgan fingerprint density at radius 3 is 2.55 bits per heavy atom. The normalized spacial score (nSPS) is 18.2. The van der Waals surface area contributed by atoms with E-state index in [2.05, 4.69) is 5.32 Å². The molecule has 2 atom stereocenters. The van der Waals surface area contributed by atoms with Gasteiger partial charge in [-0.25, -0.2) is 8.78 Å². The fraction of sp³-hybridized carbons (Fsp3) is 0.533. The van der Waals surface area contributed by atoms with Gasteiger partial charge in [0.25, 0.3) is 0 Å². The lowest BCUT2D eigenvalue weighted by Gasteiger charge is -2.35. The van der Waals surface area contributed by atoms with Crippen LogP contribution in [0.15, 0.2) is 18.2 Å². The molecular weight excluding hydrogens is 262 g/mol. The summed E-state index contributed by atoms with van der Waals surface area (Å²) in [5, 5.41) is 3.13. The number of benzene rings is 1. The van der Waals surface area contributed by atoms with Gasteiger partial charge in [0, 0.05) is 18.5 Å². The molecule has 20 heavy (non-hydrogen) atoms. The summed E-state index contributed by atoms with van der Waals surface area (Å²) in [4.78, 5) is 13.9. The number of carbonyl (C=O) groups is 1. The molecule has 2 unspecified atom stereocenters. The first-order chi connectivity index (χ1) is 9.41. The van der Waals surface area contributed by atoms with Crippen LogP contribution in [-0.2, 0) is 4.79 Å². The predicted octanol–water partition coefficient (Wildman–Crippen LogP) is 2.34. The fourth-order valence-corrected chi connectivity index (χ4v) is 2.42. The van der Waals surface area contributed by atoms with Crippen molar-refractivity contribution < 1.29 is 13.6 Å². The molecule has 1 aromatic carbocycles. The van der Waals surface area contributed by atoms with Crippen LogP contribution >= 0.6 is 0 Å². The van der Waals surface area contributed by atoms with E-state index < -0.39 is 17.7 Å². The van der Waals surface area contributed by atoms with Crippen LogP contribution in [0.1, 0.15) is 25.5 Å². The van der Waals surface area contributed by atoms with Crippen LogP contribution in [0.4, 0.5) is 8.78 Å². The molecule has 1 aliphatic heterocycles. The van der Waals surface area contributed by atoms with E-state index in [0.29, 0.717) is 5.92 Å². The fourth-order valence-electron chi connectivity index (χ4n) is 2.42. The molecule has 5 heteroatoms. The average molecular weight is 282 g/mol. The lowest BCUT2D eigenvalue weighted by Crippen LogP contribution is -2.50. The number of rotatable bonds is 4. The molecular formula is C15H20F2N2O. The van der Waals surface area contributed by atoms with Crippen molar-refractivity contribution in [3.8, 4) is 0 Å². The lowest BCUT2D eigenvalue weighted by molar-refractivity contribution is -0.138. The molecule has 1 heterocycles. The molecule has 0 bridgehead atoms. The maximum Gasteiger partial charge on any atom is 0.226 e. The number of hydrogen-bond acceptors (Lipinski definition) is 2. The van der Waals surface area contributed by atoms with Crippen molar-refractivity contribution in [3.63, 3.8) is 0 Å². The molecule has 1 aromatic rings. The summed E-state index contributed by atoms with van der Waals surface area (Å²) < 4.78 is 27.0. The molecule has 2 rings (SSSR count). The zero-order valence-corrected chi connectivity index (χ0v) is 12.0. The molecule has 0 radical (unpaired) electrons. The van der Waals surface area contributed by atoms with Crippen molar-refractivity contribution in [1.29, 1.82) is 0 Å². The second-order valence-electron chi connectivity index (χ2n) is 5.50. The first-order valence-electron chi connectivity index (χ1n) is 6.84. The van der Waals surface area contributed by atoms with Gasteiger partial charge in [-0.05, 0) is 44.1 Å². The van der Waals surface area contributed by atoms with Crippen molar-refractivity contribution in [3.05, 3.63) is 35.4 Å². The van der Waals surface area contributed by atoms with Crippen LogP contribution in [-0.4, -0.2) is 30.9 Å². The number of halogens is 2. The lowest BCUT2D eigenvalue weighted by atomic mass is 9.87. The molecule has 1 aliphatic rings. The van der Waals surface area contributed by atoms with Crippen LogP contribution < -0.4 is 5.32 Å². The first-order valence-corrected chi connectivity index (χ1v) is 6.84. The minimum absolute atomic E-state index is 0.0346. The van der Waals surface area contributed by atoms with Crippen LogP contribution in [0.5, 0.6) is 0 Å². The second kappa shape index (κ2) is 5.87. The van der Waals surface area contributed by atoms with Gasteiger partial charge in [-0.3, -0.25) is 4.79 Å². The Hall–Kier alpha value is -1.49. The maximum absolute atomic E-state index is 13.8. The van der Waals surface area contributed by atoms with Gasteiger partial charge < -0.3 is 10.2 Å². The number of amides is 1. The smallest absolute Gasteiger partial charge is 0.226 e. The maximum atomic E-state index is 13.8. The second-order valence-corrected chi connectivity index (χ2v) is 5.50. The summed E-state index contributed by atoms with van der Waals surface area (Å²) in [6.45, 7) is 5.27. The number of hydrogen-bond donors (Lipinski definition) is 1. The third-order valence-corrected chi connectivity index (χ3v) is 4.25. The molecule has 1 fully saturated rings. The third-order valence-electron chi connectivity index (χ3n) is 4.25. The van der Waals surface area contributed by atoms with E-state index in [4.69, 9.17) is 0 Å². The van der Waals surface area contributed by atoms with Crippen LogP contribution in [0.2, 0.25) is 0 Å². The topological polar surface area (TPSA) is 32.3 Å². The van der Waals surface area contributed by atoms with Crippen molar-refractivity contribution >= 4 is 5.91 Å². The van der Waals surface area contributed by atoms with E-state index >= 15 is 0 Å². The molecule has 0 aromatic heterocycles. The standard InChI is InChI=1S/C15H20F2N2O/c1-9(11-7-18-8-11)15(20)19(3)10(2)13-6-12(16)4-5-14(13)17/h4-6,9-11,18H,7-8H2,1-3H3. The Labute approximate surface area is 118 Å². The summed E-state index contributed by atoms with van der Waals surface area (Å²) in [5.74, 6) is -0.802. The van der Waals surface area contributed by atoms with Gasteiger partial charge in [-0.15, -0.1) is 0 Å². The number of nitrogens with zero attached hydrogens (tertiary/aromatic N) is 1. The SMILES string of the molecule is CC(C(=O)N(C)C(C)c1cc(F)ccc1F)C1CNC1. The minimum atomic E-state index is -0.495. The Bertz CT molecular complexity index is 503. The van der Waals surface area contributed by atoms with Gasteiger partial charge in [-0.1, -0.05) is 6.92 Å². The van der Waals surface area contributed by atoms with E-state index in [1.165, 1.54) is 4.90 Å². The van der Waals surface area contributed by atoms with E-state index in [1.54, 1.807) is 14.0 Å². The summed E-state index contributed by atoms with van der Waals surface area (Å²) in [7, 11) is 1.64. The highest BCUT2D eigenvalue weighted by molar-refractivity contribution is 5.79. The zero-order chi connectivity index (χ0) is 14.9. The van der Waals surface area contributed by atoms with E-state index in [9.17, 15) is 13.6 Å². The van der Waals surface area contributed by atoms with Gasteiger partial charge >= 0.3 is 0 Å². The molecule has 110 valence electrons. The van der Waals surface area contributed by atoms with Gasteiger partial charge in [0.1, 0.15) is 11.6 Å².